The minimum atomic E-state index is 0.0919. The summed E-state index contributed by atoms with van der Waals surface area (Å²) in [6.07, 6.45) is 4.77. The van der Waals surface area contributed by atoms with Gasteiger partial charge in [-0.25, -0.2) is 4.98 Å². The number of aryl methyl sites for hydroxylation is 2. The first-order chi connectivity index (χ1) is 9.70. The molecule has 1 N–H and O–H groups in total. The second-order valence-corrected chi connectivity index (χ2v) is 6.27. The Kier molecular flexibility index (Phi) is 5.94. The Morgan fingerprint density at radius 2 is 2.25 bits per heavy atom. The Morgan fingerprint density at radius 1 is 1.45 bits per heavy atom. The summed E-state index contributed by atoms with van der Waals surface area (Å²) in [6, 6.07) is 0. The van der Waals surface area contributed by atoms with Gasteiger partial charge in [-0.1, -0.05) is 0 Å². The third kappa shape index (κ3) is 4.26. The van der Waals surface area contributed by atoms with E-state index in [0.29, 0.717) is 26.2 Å². The Bertz CT molecular complexity index is 424. The van der Waals surface area contributed by atoms with E-state index in [9.17, 15) is 4.79 Å². The van der Waals surface area contributed by atoms with Crippen LogP contribution in [0.25, 0.3) is 0 Å². The maximum atomic E-state index is 12.0. The predicted molar refractivity (Wildman–Crippen MR) is 80.0 cm³/mol. The van der Waals surface area contributed by atoms with Crippen LogP contribution in [0.2, 0.25) is 0 Å². The van der Waals surface area contributed by atoms with Crippen molar-refractivity contribution in [2.24, 2.45) is 0 Å². The van der Waals surface area contributed by atoms with Crippen LogP contribution in [0.15, 0.2) is 0 Å². The zero-order valence-electron chi connectivity index (χ0n) is 12.3. The zero-order chi connectivity index (χ0) is 14.4. The molecule has 6 heteroatoms. The van der Waals surface area contributed by atoms with Crippen LogP contribution in [0, 0.1) is 0 Å². The molecular weight excluding hydrogens is 274 g/mol. The second kappa shape index (κ2) is 7.71. The molecule has 0 aliphatic heterocycles. The average Bonchev–Trinajstić information content (AvgIpc) is 2.85. The van der Waals surface area contributed by atoms with E-state index in [4.69, 9.17) is 4.74 Å². The predicted octanol–water partition coefficient (Wildman–Crippen LogP) is 1.22. The van der Waals surface area contributed by atoms with E-state index in [1.165, 1.54) is 23.4 Å². The van der Waals surface area contributed by atoms with Gasteiger partial charge in [0.1, 0.15) is 5.01 Å². The second-order valence-electron chi connectivity index (χ2n) is 5.10. The van der Waals surface area contributed by atoms with Gasteiger partial charge < -0.3 is 15.0 Å². The van der Waals surface area contributed by atoms with Crippen molar-refractivity contribution < 1.29 is 9.53 Å². The van der Waals surface area contributed by atoms with Crippen molar-refractivity contribution in [3.05, 3.63) is 15.6 Å². The molecule has 1 heterocycles. The van der Waals surface area contributed by atoms with E-state index in [-0.39, 0.29) is 5.91 Å². The van der Waals surface area contributed by atoms with Gasteiger partial charge >= 0.3 is 0 Å². The number of nitrogens with zero attached hydrogens (tertiary/aromatic N) is 2. The van der Waals surface area contributed by atoms with Gasteiger partial charge in [-0.2, -0.15) is 0 Å². The van der Waals surface area contributed by atoms with Crippen LogP contribution in [-0.4, -0.2) is 49.6 Å². The molecule has 0 radical (unpaired) electrons. The lowest BCUT2D eigenvalue weighted by Crippen LogP contribution is -2.36. The Labute approximate surface area is 124 Å². The van der Waals surface area contributed by atoms with Crippen molar-refractivity contribution in [3.8, 4) is 0 Å². The molecule has 0 atom stereocenters. The Morgan fingerprint density at radius 3 is 3.00 bits per heavy atom. The monoisotopic (exact) mass is 297 g/mol. The van der Waals surface area contributed by atoms with Gasteiger partial charge in [-0.05, 0) is 25.7 Å². The maximum Gasteiger partial charge on any atom is 0.236 e. The van der Waals surface area contributed by atoms with Gasteiger partial charge in [0.15, 0.2) is 0 Å². The number of hydrogen-bond donors (Lipinski definition) is 1. The molecule has 0 saturated heterocycles. The third-order valence-electron chi connectivity index (χ3n) is 3.45. The van der Waals surface area contributed by atoms with Crippen LogP contribution in [0.1, 0.15) is 28.4 Å². The summed E-state index contributed by atoms with van der Waals surface area (Å²) >= 11 is 1.77. The van der Waals surface area contributed by atoms with Crippen molar-refractivity contribution >= 4 is 17.2 Å². The van der Waals surface area contributed by atoms with E-state index >= 15 is 0 Å². The van der Waals surface area contributed by atoms with Gasteiger partial charge in [0.25, 0.3) is 0 Å². The molecule has 0 spiro atoms. The molecule has 5 nitrogen and oxygen atoms in total. The number of rotatable bonds is 7. The molecule has 1 aromatic rings. The number of carbonyl (C=O) groups is 1. The number of carbonyl (C=O) groups excluding carboxylic acids is 1. The fourth-order valence-corrected chi connectivity index (χ4v) is 3.48. The average molecular weight is 297 g/mol. The topological polar surface area (TPSA) is 54.5 Å². The summed E-state index contributed by atoms with van der Waals surface area (Å²) in [4.78, 5) is 19.8. The first-order valence-electron chi connectivity index (χ1n) is 7.11. The zero-order valence-corrected chi connectivity index (χ0v) is 13.1. The number of ether oxygens (including phenoxy) is 1. The van der Waals surface area contributed by atoms with E-state index in [1.54, 1.807) is 23.3 Å². The number of likely N-dealkylation sites (N-methyl/N-ethyl adjacent to an activating group) is 1. The number of hydrogen-bond acceptors (Lipinski definition) is 5. The standard InChI is InChI=1S/C14H23N3O2S/c1-17(14(18)9-15-7-8-19-2)10-13-16-11-5-3-4-6-12(11)20-13/h15H,3-10H2,1-2H3. The highest BCUT2D eigenvalue weighted by Gasteiger charge is 2.17. The van der Waals surface area contributed by atoms with Gasteiger partial charge in [0, 0.05) is 25.6 Å². The van der Waals surface area contributed by atoms with Crippen molar-refractivity contribution in [1.82, 2.24) is 15.2 Å². The summed E-state index contributed by atoms with van der Waals surface area (Å²) < 4.78 is 4.93. The summed E-state index contributed by atoms with van der Waals surface area (Å²) in [5.74, 6) is 0.0919. The molecule has 1 aromatic heterocycles. The van der Waals surface area contributed by atoms with Crippen LogP contribution in [0.4, 0.5) is 0 Å². The fraction of sp³-hybridized carbons (Fsp3) is 0.714. The van der Waals surface area contributed by atoms with Crippen molar-refractivity contribution in [2.75, 3.05) is 33.9 Å². The maximum absolute atomic E-state index is 12.0. The van der Waals surface area contributed by atoms with Crippen LogP contribution in [-0.2, 0) is 28.9 Å². The summed E-state index contributed by atoms with van der Waals surface area (Å²) in [7, 11) is 3.49. The van der Waals surface area contributed by atoms with Gasteiger partial charge in [0.2, 0.25) is 5.91 Å². The lowest BCUT2D eigenvalue weighted by atomic mass is 10.0. The number of aromatic nitrogens is 1. The molecule has 0 bridgehead atoms. The molecule has 0 fully saturated rings. The molecule has 112 valence electrons. The molecule has 0 saturated carbocycles. The number of methoxy groups -OCH3 is 1. The van der Waals surface area contributed by atoms with Crippen molar-refractivity contribution in [2.45, 2.75) is 32.2 Å². The molecule has 0 aromatic carbocycles. The Hall–Kier alpha value is -0.980. The normalized spacial score (nSPS) is 14.1. The van der Waals surface area contributed by atoms with E-state index < -0.39 is 0 Å². The first-order valence-corrected chi connectivity index (χ1v) is 7.93. The van der Waals surface area contributed by atoms with E-state index in [0.717, 1.165) is 17.8 Å². The summed E-state index contributed by atoms with van der Waals surface area (Å²) in [5, 5.41) is 4.13. The fourth-order valence-electron chi connectivity index (χ4n) is 2.27. The Balaban J connectivity index is 1.79. The molecule has 1 aliphatic rings. The smallest absolute Gasteiger partial charge is 0.236 e. The minimum absolute atomic E-state index is 0.0919. The van der Waals surface area contributed by atoms with Gasteiger partial charge in [-0.15, -0.1) is 11.3 Å². The summed E-state index contributed by atoms with van der Waals surface area (Å²) in [5.41, 5.74) is 1.26. The van der Waals surface area contributed by atoms with Crippen LogP contribution in [0.5, 0.6) is 0 Å². The first kappa shape index (κ1) is 15.4. The van der Waals surface area contributed by atoms with E-state index in [2.05, 4.69) is 10.3 Å². The molecule has 2 rings (SSSR count). The highest BCUT2D eigenvalue weighted by molar-refractivity contribution is 7.11. The quantitative estimate of drug-likeness (QED) is 0.769. The molecule has 1 aliphatic carbocycles. The van der Waals surface area contributed by atoms with Crippen LogP contribution >= 0.6 is 11.3 Å². The number of thiazole rings is 1. The van der Waals surface area contributed by atoms with Crippen LogP contribution < -0.4 is 5.32 Å². The lowest BCUT2D eigenvalue weighted by molar-refractivity contribution is -0.129. The SMILES string of the molecule is COCCNCC(=O)N(C)Cc1nc2c(s1)CCCC2. The molecule has 20 heavy (non-hydrogen) atoms. The lowest BCUT2D eigenvalue weighted by Gasteiger charge is -2.15. The number of nitrogens with one attached hydrogen (secondary N) is 1. The highest BCUT2D eigenvalue weighted by atomic mass is 32.1. The minimum Gasteiger partial charge on any atom is -0.383 e. The van der Waals surface area contributed by atoms with Crippen molar-refractivity contribution in [3.63, 3.8) is 0 Å². The molecule has 1 amide bonds. The van der Waals surface area contributed by atoms with Gasteiger partial charge in [0.05, 0.1) is 25.4 Å². The molecular formula is C14H23N3O2S. The number of amides is 1. The van der Waals surface area contributed by atoms with Gasteiger partial charge in [-0.3, -0.25) is 4.79 Å². The largest absolute Gasteiger partial charge is 0.383 e. The van der Waals surface area contributed by atoms with E-state index in [1.807, 2.05) is 7.05 Å². The van der Waals surface area contributed by atoms with Crippen molar-refractivity contribution in [1.29, 1.82) is 0 Å². The summed E-state index contributed by atoms with van der Waals surface area (Å²) in [6.45, 7) is 2.28. The van der Waals surface area contributed by atoms with Crippen LogP contribution in [0.3, 0.4) is 0 Å². The molecule has 0 unspecified atom stereocenters. The third-order valence-corrected chi connectivity index (χ3v) is 4.59. The highest BCUT2D eigenvalue weighted by Crippen LogP contribution is 2.27. The number of fused-ring (bicyclic) bond motifs is 1.